The summed E-state index contributed by atoms with van der Waals surface area (Å²) in [7, 11) is 3.39. The number of hydrogen-bond acceptors (Lipinski definition) is 6. The number of aryl methyl sites for hydroxylation is 1. The molecule has 0 saturated carbocycles. The molecule has 0 saturated heterocycles. The number of methoxy groups -OCH3 is 1. The van der Waals surface area contributed by atoms with Crippen LogP contribution >= 0.6 is 11.6 Å². The molecule has 0 aliphatic heterocycles. The second-order valence-electron chi connectivity index (χ2n) is 5.35. The summed E-state index contributed by atoms with van der Waals surface area (Å²) < 4.78 is 6.94. The van der Waals surface area contributed by atoms with Crippen LogP contribution in [0.4, 0.5) is 0 Å². The quantitative estimate of drug-likeness (QED) is 0.527. The Morgan fingerprint density at radius 3 is 2.76 bits per heavy atom. The van der Waals surface area contributed by atoms with E-state index in [2.05, 4.69) is 25.0 Å². The molecule has 0 amide bonds. The first-order valence-corrected chi connectivity index (χ1v) is 7.86. The molecule has 0 radical (unpaired) electrons. The second kappa shape index (κ2) is 6.10. The Bertz CT molecular complexity index is 1060. The van der Waals surface area contributed by atoms with Crippen LogP contribution in [0, 0.1) is 0 Å². The maximum atomic E-state index is 6.20. The smallest absolute Gasteiger partial charge is 0.171 e. The average molecular weight is 353 g/mol. The van der Waals surface area contributed by atoms with Crippen molar-refractivity contribution in [3.63, 3.8) is 0 Å². The SMILES string of the molecule is COc1cc2ncnc(-c3cn(C)nc3-c3ccccn3)c2nc1Cl. The third kappa shape index (κ3) is 2.68. The summed E-state index contributed by atoms with van der Waals surface area (Å²) in [6.07, 6.45) is 5.10. The molecule has 0 N–H and O–H groups in total. The third-order valence-corrected chi connectivity index (χ3v) is 4.01. The molecule has 0 unspecified atom stereocenters. The lowest BCUT2D eigenvalue weighted by molar-refractivity contribution is 0.414. The number of rotatable bonds is 3. The van der Waals surface area contributed by atoms with E-state index >= 15 is 0 Å². The molecule has 4 rings (SSSR count). The molecule has 4 aromatic rings. The van der Waals surface area contributed by atoms with Gasteiger partial charge in [0.2, 0.25) is 0 Å². The van der Waals surface area contributed by atoms with E-state index in [4.69, 9.17) is 16.3 Å². The van der Waals surface area contributed by atoms with E-state index in [1.54, 1.807) is 16.9 Å². The molecule has 0 atom stereocenters. The van der Waals surface area contributed by atoms with Crippen LogP contribution in [-0.4, -0.2) is 36.8 Å². The fourth-order valence-electron chi connectivity index (χ4n) is 2.64. The highest BCUT2D eigenvalue weighted by atomic mass is 35.5. The fraction of sp³-hybridized carbons (Fsp3) is 0.118. The van der Waals surface area contributed by atoms with Gasteiger partial charge in [0.05, 0.1) is 23.9 Å². The first kappa shape index (κ1) is 15.5. The van der Waals surface area contributed by atoms with E-state index in [-0.39, 0.29) is 5.15 Å². The molecule has 124 valence electrons. The Hall–Kier alpha value is -3.06. The van der Waals surface area contributed by atoms with Crippen LogP contribution in [0.3, 0.4) is 0 Å². The third-order valence-electron chi connectivity index (χ3n) is 3.74. The van der Waals surface area contributed by atoms with E-state index in [0.29, 0.717) is 22.5 Å². The van der Waals surface area contributed by atoms with Crippen molar-refractivity contribution in [3.05, 3.63) is 48.1 Å². The Morgan fingerprint density at radius 1 is 1.12 bits per heavy atom. The van der Waals surface area contributed by atoms with Crippen molar-refractivity contribution in [2.24, 2.45) is 7.05 Å². The number of hydrogen-bond donors (Lipinski definition) is 0. The van der Waals surface area contributed by atoms with E-state index in [1.807, 2.05) is 31.4 Å². The van der Waals surface area contributed by atoms with Gasteiger partial charge < -0.3 is 4.74 Å². The van der Waals surface area contributed by atoms with Crippen molar-refractivity contribution in [3.8, 4) is 28.4 Å². The Kier molecular flexibility index (Phi) is 3.77. The van der Waals surface area contributed by atoms with Gasteiger partial charge in [-0.15, -0.1) is 0 Å². The van der Waals surface area contributed by atoms with Gasteiger partial charge >= 0.3 is 0 Å². The van der Waals surface area contributed by atoms with Crippen LogP contribution in [-0.2, 0) is 7.05 Å². The molecule has 0 bridgehead atoms. The van der Waals surface area contributed by atoms with Crippen LogP contribution in [0.25, 0.3) is 33.7 Å². The molecule has 0 aromatic carbocycles. The van der Waals surface area contributed by atoms with Gasteiger partial charge in [-0.25, -0.2) is 15.0 Å². The lowest BCUT2D eigenvalue weighted by atomic mass is 10.1. The highest BCUT2D eigenvalue weighted by molar-refractivity contribution is 6.31. The van der Waals surface area contributed by atoms with Crippen molar-refractivity contribution < 1.29 is 4.74 Å². The highest BCUT2D eigenvalue weighted by Gasteiger charge is 2.19. The maximum Gasteiger partial charge on any atom is 0.171 e. The topological polar surface area (TPSA) is 78.6 Å². The molecule has 4 heterocycles. The van der Waals surface area contributed by atoms with Gasteiger partial charge in [-0.3, -0.25) is 9.67 Å². The minimum atomic E-state index is 0.259. The molecule has 4 aromatic heterocycles. The van der Waals surface area contributed by atoms with Gasteiger partial charge in [0, 0.05) is 25.5 Å². The van der Waals surface area contributed by atoms with Crippen LogP contribution in [0.15, 0.2) is 43.0 Å². The largest absolute Gasteiger partial charge is 0.493 e. The van der Waals surface area contributed by atoms with Gasteiger partial charge in [0.1, 0.15) is 23.2 Å². The zero-order valence-corrected chi connectivity index (χ0v) is 14.3. The Balaban J connectivity index is 1.99. The minimum Gasteiger partial charge on any atom is -0.493 e. The molecule has 8 heteroatoms. The lowest BCUT2D eigenvalue weighted by Gasteiger charge is -2.07. The van der Waals surface area contributed by atoms with E-state index in [9.17, 15) is 0 Å². The van der Waals surface area contributed by atoms with E-state index in [0.717, 1.165) is 17.0 Å². The van der Waals surface area contributed by atoms with Gasteiger partial charge in [-0.2, -0.15) is 5.10 Å². The second-order valence-corrected chi connectivity index (χ2v) is 5.71. The number of aromatic nitrogens is 6. The number of ether oxygens (including phenoxy) is 1. The highest BCUT2D eigenvalue weighted by Crippen LogP contribution is 2.34. The van der Waals surface area contributed by atoms with Crippen LogP contribution in [0.5, 0.6) is 5.75 Å². The summed E-state index contributed by atoms with van der Waals surface area (Å²) in [6, 6.07) is 7.42. The number of fused-ring (bicyclic) bond motifs is 1. The number of halogens is 1. The normalized spacial score (nSPS) is 11.0. The summed E-state index contributed by atoms with van der Waals surface area (Å²) in [6.45, 7) is 0. The Labute approximate surface area is 148 Å². The van der Waals surface area contributed by atoms with Gasteiger partial charge in [-0.05, 0) is 12.1 Å². The fourth-order valence-corrected chi connectivity index (χ4v) is 2.86. The van der Waals surface area contributed by atoms with Gasteiger partial charge in [-0.1, -0.05) is 17.7 Å². The molecule has 0 fully saturated rings. The van der Waals surface area contributed by atoms with Crippen LogP contribution in [0.1, 0.15) is 0 Å². The molecule has 0 aliphatic rings. The van der Waals surface area contributed by atoms with Crippen molar-refractivity contribution in [1.82, 2.24) is 29.7 Å². The molecular weight excluding hydrogens is 340 g/mol. The van der Waals surface area contributed by atoms with Crippen molar-refractivity contribution in [2.45, 2.75) is 0 Å². The molecule has 7 nitrogen and oxygen atoms in total. The molecule has 25 heavy (non-hydrogen) atoms. The number of pyridine rings is 2. The lowest BCUT2D eigenvalue weighted by Crippen LogP contribution is -1.95. The summed E-state index contributed by atoms with van der Waals surface area (Å²) >= 11 is 6.20. The molecule has 0 spiro atoms. The van der Waals surface area contributed by atoms with E-state index < -0.39 is 0 Å². The summed E-state index contributed by atoms with van der Waals surface area (Å²) in [5, 5.41) is 4.79. The van der Waals surface area contributed by atoms with Gasteiger partial charge in [0.15, 0.2) is 10.9 Å². The molecule has 0 aliphatic carbocycles. The van der Waals surface area contributed by atoms with E-state index in [1.165, 1.54) is 13.4 Å². The zero-order valence-electron chi connectivity index (χ0n) is 13.5. The van der Waals surface area contributed by atoms with Crippen molar-refractivity contribution in [2.75, 3.05) is 7.11 Å². The van der Waals surface area contributed by atoms with Gasteiger partial charge in [0.25, 0.3) is 0 Å². The van der Waals surface area contributed by atoms with Crippen molar-refractivity contribution in [1.29, 1.82) is 0 Å². The van der Waals surface area contributed by atoms with Crippen molar-refractivity contribution >= 4 is 22.6 Å². The number of nitrogens with zero attached hydrogens (tertiary/aromatic N) is 6. The average Bonchev–Trinajstić information content (AvgIpc) is 3.03. The van der Waals surface area contributed by atoms with Crippen LogP contribution < -0.4 is 4.74 Å². The zero-order chi connectivity index (χ0) is 17.4. The summed E-state index contributed by atoms with van der Waals surface area (Å²) in [4.78, 5) is 17.5. The molecular formula is C17H13ClN6O. The van der Waals surface area contributed by atoms with Crippen LogP contribution in [0.2, 0.25) is 5.15 Å². The summed E-state index contributed by atoms with van der Waals surface area (Å²) in [5.41, 5.74) is 4.15. The monoisotopic (exact) mass is 352 g/mol. The standard InChI is InChI=1S/C17H13ClN6O/c1-24-8-10(14(23-24)11-5-3-4-6-19-11)15-16-12(20-9-21-15)7-13(25-2)17(18)22-16/h3-9H,1-2H3. The summed E-state index contributed by atoms with van der Waals surface area (Å²) in [5.74, 6) is 0.468. The Morgan fingerprint density at radius 2 is 2.00 bits per heavy atom. The minimum absolute atomic E-state index is 0.259. The predicted octanol–water partition coefficient (Wildman–Crippen LogP) is 3.15. The first-order chi connectivity index (χ1) is 12.2. The predicted molar refractivity (Wildman–Crippen MR) is 94.3 cm³/mol. The maximum absolute atomic E-state index is 6.20. The first-order valence-electron chi connectivity index (χ1n) is 7.48.